The summed E-state index contributed by atoms with van der Waals surface area (Å²) in [6, 6.07) is 8.85. The van der Waals surface area contributed by atoms with Crippen LogP contribution in [0.15, 0.2) is 47.2 Å². The van der Waals surface area contributed by atoms with Gasteiger partial charge in [0.1, 0.15) is 0 Å². The fraction of sp³-hybridized carbons (Fsp3) is 0. The van der Waals surface area contributed by atoms with Crippen LogP contribution in [0.3, 0.4) is 0 Å². The average molecular weight is 249 g/mol. The van der Waals surface area contributed by atoms with Crippen LogP contribution in [0.4, 0.5) is 0 Å². The highest BCUT2D eigenvalue weighted by Crippen LogP contribution is 2.12. The number of allylic oxidation sites excluding steroid dienone is 1. The van der Waals surface area contributed by atoms with Crippen molar-refractivity contribution in [1.29, 1.82) is 0 Å². The third kappa shape index (κ3) is 2.81. The second-order valence-electron chi connectivity index (χ2n) is 3.26. The summed E-state index contributed by atoms with van der Waals surface area (Å²) in [6.45, 7) is 0. The van der Waals surface area contributed by atoms with Crippen molar-refractivity contribution in [2.24, 2.45) is 0 Å². The van der Waals surface area contributed by atoms with E-state index in [0.717, 1.165) is 5.56 Å². The predicted molar refractivity (Wildman–Crippen MR) is 69.1 cm³/mol. The molecular formula is C13H9ClOS. The van der Waals surface area contributed by atoms with Crippen LogP contribution in [-0.4, -0.2) is 5.78 Å². The van der Waals surface area contributed by atoms with Gasteiger partial charge in [0.05, 0.1) is 0 Å². The third-order valence-electron chi connectivity index (χ3n) is 2.10. The molecule has 0 unspecified atom stereocenters. The van der Waals surface area contributed by atoms with Crippen molar-refractivity contribution in [3.05, 3.63) is 63.3 Å². The van der Waals surface area contributed by atoms with Crippen molar-refractivity contribution < 1.29 is 4.79 Å². The van der Waals surface area contributed by atoms with E-state index < -0.39 is 0 Å². The first-order chi connectivity index (χ1) is 7.75. The molecule has 0 saturated heterocycles. The highest BCUT2D eigenvalue weighted by molar-refractivity contribution is 7.08. The van der Waals surface area contributed by atoms with Crippen LogP contribution in [0.5, 0.6) is 0 Å². The molecule has 1 heterocycles. The molecule has 0 saturated carbocycles. The molecule has 0 radical (unpaired) electrons. The minimum Gasteiger partial charge on any atom is -0.289 e. The van der Waals surface area contributed by atoms with E-state index in [0.29, 0.717) is 10.6 Å². The van der Waals surface area contributed by atoms with E-state index in [2.05, 4.69) is 0 Å². The number of rotatable bonds is 3. The van der Waals surface area contributed by atoms with Gasteiger partial charge in [0, 0.05) is 10.6 Å². The molecule has 1 nitrogen and oxygen atoms in total. The second kappa shape index (κ2) is 5.10. The van der Waals surface area contributed by atoms with Gasteiger partial charge >= 0.3 is 0 Å². The normalized spacial score (nSPS) is 10.8. The Hall–Kier alpha value is -1.38. The number of hydrogen-bond acceptors (Lipinski definition) is 2. The maximum atomic E-state index is 11.7. The van der Waals surface area contributed by atoms with Gasteiger partial charge in [-0.15, -0.1) is 0 Å². The molecule has 2 aromatic rings. The lowest BCUT2D eigenvalue weighted by atomic mass is 10.1. The quantitative estimate of drug-likeness (QED) is 0.585. The van der Waals surface area contributed by atoms with Gasteiger partial charge < -0.3 is 0 Å². The molecule has 80 valence electrons. The maximum absolute atomic E-state index is 11.7. The summed E-state index contributed by atoms with van der Waals surface area (Å²) in [5.74, 6) is -0.0112. The minimum atomic E-state index is -0.0112. The molecule has 0 bridgehead atoms. The van der Waals surface area contributed by atoms with E-state index in [4.69, 9.17) is 11.6 Å². The van der Waals surface area contributed by atoms with E-state index in [1.54, 1.807) is 41.7 Å². The van der Waals surface area contributed by atoms with Crippen molar-refractivity contribution in [3.8, 4) is 0 Å². The van der Waals surface area contributed by atoms with Gasteiger partial charge in [0.2, 0.25) is 0 Å². The summed E-state index contributed by atoms with van der Waals surface area (Å²) < 4.78 is 0. The molecule has 3 heteroatoms. The van der Waals surface area contributed by atoms with Crippen LogP contribution in [0.25, 0.3) is 6.08 Å². The summed E-state index contributed by atoms with van der Waals surface area (Å²) >= 11 is 7.36. The maximum Gasteiger partial charge on any atom is 0.185 e. The molecule has 2 rings (SSSR count). The molecule has 0 atom stereocenters. The summed E-state index contributed by atoms with van der Waals surface area (Å²) in [5, 5.41) is 4.61. The Balaban J connectivity index is 2.11. The van der Waals surface area contributed by atoms with Crippen molar-refractivity contribution in [1.82, 2.24) is 0 Å². The topological polar surface area (TPSA) is 17.1 Å². The van der Waals surface area contributed by atoms with E-state index in [1.807, 2.05) is 22.9 Å². The monoisotopic (exact) mass is 248 g/mol. The largest absolute Gasteiger partial charge is 0.289 e. The van der Waals surface area contributed by atoms with Gasteiger partial charge in [-0.2, -0.15) is 11.3 Å². The molecule has 1 aromatic carbocycles. The molecule has 0 aliphatic rings. The Morgan fingerprint density at radius 3 is 2.56 bits per heavy atom. The van der Waals surface area contributed by atoms with Crippen molar-refractivity contribution in [3.63, 3.8) is 0 Å². The van der Waals surface area contributed by atoms with Crippen LogP contribution in [0, 0.1) is 0 Å². The smallest absolute Gasteiger partial charge is 0.185 e. The van der Waals surface area contributed by atoms with Gasteiger partial charge in [0.15, 0.2) is 5.78 Å². The Morgan fingerprint density at radius 1 is 1.19 bits per heavy atom. The lowest BCUT2D eigenvalue weighted by molar-refractivity contribution is 0.104. The van der Waals surface area contributed by atoms with Crippen LogP contribution < -0.4 is 0 Å². The number of benzene rings is 1. The fourth-order valence-corrected chi connectivity index (χ4v) is 2.01. The highest BCUT2D eigenvalue weighted by Gasteiger charge is 2.00. The Bertz CT molecular complexity index is 497. The molecule has 1 aromatic heterocycles. The summed E-state index contributed by atoms with van der Waals surface area (Å²) in [5.41, 5.74) is 1.70. The number of halogens is 1. The molecule has 0 amide bonds. The second-order valence-corrected chi connectivity index (χ2v) is 4.48. The van der Waals surface area contributed by atoms with Crippen LogP contribution >= 0.6 is 22.9 Å². The van der Waals surface area contributed by atoms with Gasteiger partial charge in [-0.3, -0.25) is 4.79 Å². The zero-order valence-corrected chi connectivity index (χ0v) is 9.96. The molecule has 0 spiro atoms. The van der Waals surface area contributed by atoms with Gasteiger partial charge in [-0.1, -0.05) is 17.7 Å². The van der Waals surface area contributed by atoms with E-state index >= 15 is 0 Å². The van der Waals surface area contributed by atoms with Crippen LogP contribution in [-0.2, 0) is 0 Å². The first kappa shape index (κ1) is 11.1. The fourth-order valence-electron chi connectivity index (χ4n) is 1.25. The number of carbonyl (C=O) groups excluding carboxylic acids is 1. The first-order valence-electron chi connectivity index (χ1n) is 4.76. The average Bonchev–Trinajstić information content (AvgIpc) is 2.80. The first-order valence-corrected chi connectivity index (χ1v) is 6.08. The lowest BCUT2D eigenvalue weighted by Crippen LogP contribution is -1.92. The Kier molecular flexibility index (Phi) is 3.54. The summed E-state index contributed by atoms with van der Waals surface area (Å²) in [4.78, 5) is 11.7. The van der Waals surface area contributed by atoms with Crippen molar-refractivity contribution in [2.45, 2.75) is 0 Å². The predicted octanol–water partition coefficient (Wildman–Crippen LogP) is 4.30. The van der Waals surface area contributed by atoms with E-state index in [1.165, 1.54) is 0 Å². The number of carbonyl (C=O) groups is 1. The molecular weight excluding hydrogens is 240 g/mol. The molecule has 16 heavy (non-hydrogen) atoms. The number of thiophene rings is 1. The van der Waals surface area contributed by atoms with E-state index in [-0.39, 0.29) is 5.78 Å². The molecule has 0 aliphatic carbocycles. The SMILES string of the molecule is O=C(/C=C\c1ccsc1)c1ccc(Cl)cc1. The van der Waals surface area contributed by atoms with Gasteiger partial charge in [0.25, 0.3) is 0 Å². The van der Waals surface area contributed by atoms with Crippen molar-refractivity contribution in [2.75, 3.05) is 0 Å². The Labute approximate surface area is 103 Å². The summed E-state index contributed by atoms with van der Waals surface area (Å²) in [6.07, 6.45) is 3.39. The minimum absolute atomic E-state index is 0.0112. The molecule has 0 N–H and O–H groups in total. The zero-order valence-electron chi connectivity index (χ0n) is 8.39. The number of ketones is 1. The molecule has 0 aliphatic heterocycles. The third-order valence-corrected chi connectivity index (χ3v) is 3.05. The van der Waals surface area contributed by atoms with E-state index in [9.17, 15) is 4.79 Å². The highest BCUT2D eigenvalue weighted by atomic mass is 35.5. The molecule has 0 fully saturated rings. The standard InChI is InChI=1S/C13H9ClOS/c14-12-4-2-11(3-5-12)13(15)6-1-10-7-8-16-9-10/h1-9H/b6-1-. The summed E-state index contributed by atoms with van der Waals surface area (Å²) in [7, 11) is 0. The number of hydrogen-bond donors (Lipinski definition) is 0. The van der Waals surface area contributed by atoms with Gasteiger partial charge in [-0.05, 0) is 52.7 Å². The van der Waals surface area contributed by atoms with Crippen LogP contribution in [0.2, 0.25) is 5.02 Å². The Morgan fingerprint density at radius 2 is 1.94 bits per heavy atom. The van der Waals surface area contributed by atoms with Crippen LogP contribution in [0.1, 0.15) is 15.9 Å². The lowest BCUT2D eigenvalue weighted by Gasteiger charge is -1.95. The van der Waals surface area contributed by atoms with Crippen molar-refractivity contribution >= 4 is 34.8 Å². The van der Waals surface area contributed by atoms with Gasteiger partial charge in [-0.25, -0.2) is 0 Å². The zero-order chi connectivity index (χ0) is 11.4.